The lowest BCUT2D eigenvalue weighted by Gasteiger charge is -2.32. The summed E-state index contributed by atoms with van der Waals surface area (Å²) >= 11 is 0. The first kappa shape index (κ1) is 25.9. The Morgan fingerprint density at radius 1 is 0.850 bits per heavy atom. The molecule has 1 N–H and O–H groups in total. The molecule has 204 valence electrons. The molecule has 0 bridgehead atoms. The van der Waals surface area contributed by atoms with Crippen LogP contribution in [0.5, 0.6) is 0 Å². The lowest BCUT2D eigenvalue weighted by molar-refractivity contribution is 0.0770. The van der Waals surface area contributed by atoms with Crippen LogP contribution in [0.25, 0.3) is 21.8 Å². The fraction of sp³-hybridized carbons (Fsp3) is 0.273. The summed E-state index contributed by atoms with van der Waals surface area (Å²) in [5, 5.41) is 2.47. The Balaban J connectivity index is 1.07. The van der Waals surface area contributed by atoms with E-state index in [1.54, 1.807) is 4.90 Å². The van der Waals surface area contributed by atoms with Crippen LogP contribution < -0.4 is 5.69 Å². The van der Waals surface area contributed by atoms with Crippen LogP contribution >= 0.6 is 0 Å². The second kappa shape index (κ2) is 11.8. The number of piperidine rings is 1. The number of carbonyl (C=O) groups excluding carboxylic acids is 1. The maximum Gasteiger partial charge on any atom is 0.409 e. The third-order valence-corrected chi connectivity index (χ3v) is 7.87. The summed E-state index contributed by atoms with van der Waals surface area (Å²) in [7, 11) is 0. The van der Waals surface area contributed by atoms with Gasteiger partial charge in [-0.2, -0.15) is 0 Å². The second-order valence-corrected chi connectivity index (χ2v) is 10.5. The van der Waals surface area contributed by atoms with Crippen molar-refractivity contribution in [2.45, 2.75) is 32.0 Å². The predicted molar refractivity (Wildman–Crippen MR) is 158 cm³/mol. The smallest absolute Gasteiger partial charge is 0.409 e. The van der Waals surface area contributed by atoms with Crippen molar-refractivity contribution in [2.24, 2.45) is 0 Å². The average Bonchev–Trinajstić information content (AvgIpc) is 3.33. The SMILES string of the molecule is O=C(OCCN(Cc1ccccc1)Cc1cccc2ccccc12)N1CCC(n2c(=O)[nH]c3ccccc32)CC1. The molecule has 6 rings (SSSR count). The van der Waals surface area contributed by atoms with Crippen LogP contribution in [0.2, 0.25) is 0 Å². The number of ether oxygens (including phenoxy) is 1. The number of fused-ring (bicyclic) bond motifs is 2. The Hall–Kier alpha value is -4.36. The zero-order valence-corrected chi connectivity index (χ0v) is 22.5. The van der Waals surface area contributed by atoms with E-state index in [1.165, 1.54) is 21.9 Å². The number of likely N-dealkylation sites (tertiary alicyclic amines) is 1. The normalized spacial score (nSPS) is 14.3. The number of hydrogen-bond donors (Lipinski definition) is 1. The molecule has 0 aliphatic carbocycles. The summed E-state index contributed by atoms with van der Waals surface area (Å²) in [5.74, 6) is 0. The van der Waals surface area contributed by atoms with Gasteiger partial charge < -0.3 is 14.6 Å². The number of aromatic nitrogens is 2. The molecule has 0 spiro atoms. The van der Waals surface area contributed by atoms with Gasteiger partial charge in [-0.05, 0) is 46.9 Å². The van der Waals surface area contributed by atoms with Crippen LogP contribution in [0.15, 0.2) is 102 Å². The lowest BCUT2D eigenvalue weighted by atomic mass is 10.0. The van der Waals surface area contributed by atoms with Gasteiger partial charge >= 0.3 is 11.8 Å². The van der Waals surface area contributed by atoms with E-state index in [-0.39, 0.29) is 17.8 Å². The predicted octanol–water partition coefficient (Wildman–Crippen LogP) is 5.96. The molecule has 1 aromatic heterocycles. The van der Waals surface area contributed by atoms with Crippen molar-refractivity contribution in [3.63, 3.8) is 0 Å². The molecular weight excluding hydrogens is 500 g/mol. The van der Waals surface area contributed by atoms with E-state index in [4.69, 9.17) is 4.74 Å². The van der Waals surface area contributed by atoms with Crippen LogP contribution in [0.3, 0.4) is 0 Å². The highest BCUT2D eigenvalue weighted by molar-refractivity contribution is 5.85. The zero-order chi connectivity index (χ0) is 27.3. The Morgan fingerprint density at radius 2 is 1.57 bits per heavy atom. The molecule has 40 heavy (non-hydrogen) atoms. The van der Waals surface area contributed by atoms with Crippen molar-refractivity contribution in [3.8, 4) is 0 Å². The minimum atomic E-state index is -0.283. The van der Waals surface area contributed by atoms with Gasteiger partial charge in [0.1, 0.15) is 6.61 Å². The number of aromatic amines is 1. The number of amides is 1. The largest absolute Gasteiger partial charge is 0.448 e. The van der Waals surface area contributed by atoms with Crippen molar-refractivity contribution in [1.29, 1.82) is 0 Å². The van der Waals surface area contributed by atoms with Gasteiger partial charge in [-0.15, -0.1) is 0 Å². The van der Waals surface area contributed by atoms with E-state index >= 15 is 0 Å². The maximum atomic E-state index is 13.0. The summed E-state index contributed by atoms with van der Waals surface area (Å²) in [6, 6.07) is 33.1. The van der Waals surface area contributed by atoms with Crippen LogP contribution in [0.1, 0.15) is 30.0 Å². The van der Waals surface area contributed by atoms with Crippen molar-refractivity contribution in [2.75, 3.05) is 26.2 Å². The number of rotatable bonds is 8. The van der Waals surface area contributed by atoms with E-state index in [2.05, 4.69) is 76.6 Å². The number of hydrogen-bond acceptors (Lipinski definition) is 4. The maximum absolute atomic E-state index is 13.0. The first-order chi connectivity index (χ1) is 19.7. The number of para-hydroxylation sites is 2. The van der Waals surface area contributed by atoms with Crippen molar-refractivity contribution >= 4 is 27.9 Å². The van der Waals surface area contributed by atoms with Gasteiger partial charge in [-0.1, -0.05) is 84.9 Å². The van der Waals surface area contributed by atoms with Gasteiger partial charge in [-0.3, -0.25) is 9.47 Å². The molecule has 1 fully saturated rings. The molecule has 0 radical (unpaired) electrons. The molecule has 7 nitrogen and oxygen atoms in total. The fourth-order valence-electron chi connectivity index (χ4n) is 5.82. The van der Waals surface area contributed by atoms with E-state index in [1.807, 2.05) is 34.9 Å². The molecule has 0 saturated carbocycles. The Bertz CT molecular complexity index is 1650. The summed E-state index contributed by atoms with van der Waals surface area (Å²) < 4.78 is 7.61. The molecular formula is C33H34N4O3. The first-order valence-electron chi connectivity index (χ1n) is 14.0. The molecule has 1 aliphatic rings. The van der Waals surface area contributed by atoms with Crippen LogP contribution in [-0.2, 0) is 17.8 Å². The molecule has 1 aliphatic heterocycles. The summed E-state index contributed by atoms with van der Waals surface area (Å²) in [4.78, 5) is 32.6. The van der Waals surface area contributed by atoms with Crippen molar-refractivity contribution in [1.82, 2.24) is 19.4 Å². The molecule has 2 heterocycles. The first-order valence-corrected chi connectivity index (χ1v) is 14.0. The van der Waals surface area contributed by atoms with E-state index in [0.717, 1.165) is 37.0 Å². The zero-order valence-electron chi connectivity index (χ0n) is 22.5. The molecule has 7 heteroatoms. The van der Waals surface area contributed by atoms with Gasteiger partial charge in [-0.25, -0.2) is 9.59 Å². The molecule has 4 aromatic carbocycles. The number of nitrogens with one attached hydrogen (secondary N) is 1. The minimum Gasteiger partial charge on any atom is -0.448 e. The van der Waals surface area contributed by atoms with Crippen LogP contribution in [-0.4, -0.2) is 51.7 Å². The number of H-pyrrole nitrogens is 1. The highest BCUT2D eigenvalue weighted by Crippen LogP contribution is 2.25. The third kappa shape index (κ3) is 5.65. The van der Waals surface area contributed by atoms with Gasteiger partial charge in [0.05, 0.1) is 11.0 Å². The monoisotopic (exact) mass is 534 g/mol. The van der Waals surface area contributed by atoms with Gasteiger partial charge in [0.15, 0.2) is 0 Å². The lowest BCUT2D eigenvalue weighted by Crippen LogP contribution is -2.41. The molecule has 1 saturated heterocycles. The molecule has 0 atom stereocenters. The highest BCUT2D eigenvalue weighted by Gasteiger charge is 2.27. The van der Waals surface area contributed by atoms with E-state index in [9.17, 15) is 9.59 Å². The Morgan fingerprint density at radius 3 is 2.42 bits per heavy atom. The Kier molecular flexibility index (Phi) is 7.64. The second-order valence-electron chi connectivity index (χ2n) is 10.5. The highest BCUT2D eigenvalue weighted by atomic mass is 16.6. The molecule has 5 aromatic rings. The number of carbonyl (C=O) groups is 1. The summed E-state index contributed by atoms with van der Waals surface area (Å²) in [5.41, 5.74) is 4.15. The van der Waals surface area contributed by atoms with Crippen LogP contribution in [0.4, 0.5) is 4.79 Å². The van der Waals surface area contributed by atoms with Gasteiger partial charge in [0.2, 0.25) is 0 Å². The minimum absolute atomic E-state index is 0.0646. The third-order valence-electron chi connectivity index (χ3n) is 7.87. The standard InChI is InChI=1S/C33H34N4O3/c38-32-34-30-15-6-7-16-31(30)37(32)28-17-19-36(20-18-28)33(39)40-22-21-35(23-25-9-2-1-3-10-25)24-27-13-8-12-26-11-4-5-14-29(26)27/h1-16,28H,17-24H2,(H,34,38). The average molecular weight is 535 g/mol. The Labute approximate surface area is 233 Å². The van der Waals surface area contributed by atoms with E-state index < -0.39 is 0 Å². The number of benzene rings is 4. The molecule has 1 amide bonds. The van der Waals surface area contributed by atoms with Crippen molar-refractivity contribution < 1.29 is 9.53 Å². The van der Waals surface area contributed by atoms with E-state index in [0.29, 0.717) is 26.2 Å². The fourth-order valence-corrected chi connectivity index (χ4v) is 5.82. The van der Waals surface area contributed by atoms with Crippen molar-refractivity contribution in [3.05, 3.63) is 119 Å². The topological polar surface area (TPSA) is 70.6 Å². The van der Waals surface area contributed by atoms with Gasteiger partial charge in [0.25, 0.3) is 0 Å². The number of nitrogens with zero attached hydrogens (tertiary/aromatic N) is 3. The quantitative estimate of drug-likeness (QED) is 0.267. The summed E-state index contributed by atoms with van der Waals surface area (Å²) in [6.07, 6.45) is 1.16. The molecule has 0 unspecified atom stereocenters. The van der Waals surface area contributed by atoms with Gasteiger partial charge in [0, 0.05) is 38.8 Å². The number of imidazole rings is 1. The van der Waals surface area contributed by atoms with Crippen LogP contribution in [0, 0.1) is 0 Å². The summed E-state index contributed by atoms with van der Waals surface area (Å²) in [6.45, 7) is 3.62.